The first-order valence-electron chi connectivity index (χ1n) is 10.2. The number of benzene rings is 1. The first-order chi connectivity index (χ1) is 14.8. The highest BCUT2D eigenvalue weighted by Gasteiger charge is 2.12. The predicted molar refractivity (Wildman–Crippen MR) is 116 cm³/mol. The van der Waals surface area contributed by atoms with Gasteiger partial charge in [0.25, 0.3) is 0 Å². The van der Waals surface area contributed by atoms with E-state index < -0.39 is 0 Å². The lowest BCUT2D eigenvalue weighted by atomic mass is 10.2. The Bertz CT molecular complexity index is 926. The maximum absolute atomic E-state index is 5.91. The Morgan fingerprint density at radius 1 is 1.10 bits per heavy atom. The number of ether oxygens (including phenoxy) is 2. The minimum atomic E-state index is 0.552. The number of anilines is 3. The fourth-order valence-corrected chi connectivity index (χ4v) is 3.41. The van der Waals surface area contributed by atoms with Crippen molar-refractivity contribution in [1.82, 2.24) is 14.9 Å². The van der Waals surface area contributed by atoms with Crippen LogP contribution in [0.15, 0.2) is 53.4 Å². The molecular weight excluding hydrogens is 382 g/mol. The Hall–Kier alpha value is -3.26. The summed E-state index contributed by atoms with van der Waals surface area (Å²) in [4.78, 5) is 11.0. The van der Waals surface area contributed by atoms with Crippen molar-refractivity contribution in [3.05, 3.63) is 54.7 Å². The molecule has 4 rings (SSSR count). The van der Waals surface area contributed by atoms with Gasteiger partial charge < -0.3 is 24.5 Å². The minimum absolute atomic E-state index is 0.552. The summed E-state index contributed by atoms with van der Waals surface area (Å²) in [5, 5.41) is 6.50. The van der Waals surface area contributed by atoms with Gasteiger partial charge in [0.05, 0.1) is 25.6 Å². The third kappa shape index (κ3) is 5.42. The van der Waals surface area contributed by atoms with E-state index in [0.29, 0.717) is 30.5 Å². The van der Waals surface area contributed by atoms with Crippen LogP contribution in [-0.4, -0.2) is 48.2 Å². The van der Waals surface area contributed by atoms with Crippen molar-refractivity contribution in [3.63, 3.8) is 0 Å². The number of likely N-dealkylation sites (tertiary alicyclic amines) is 1. The normalized spacial score (nSPS) is 13.9. The molecule has 2 aromatic heterocycles. The van der Waals surface area contributed by atoms with Crippen LogP contribution in [0.3, 0.4) is 0 Å². The maximum atomic E-state index is 5.91. The molecule has 158 valence electrons. The second-order valence-corrected chi connectivity index (χ2v) is 7.11. The van der Waals surface area contributed by atoms with Crippen LogP contribution in [0.2, 0.25) is 0 Å². The molecule has 0 atom stereocenters. The Balaban J connectivity index is 1.35. The van der Waals surface area contributed by atoms with Crippen LogP contribution in [-0.2, 0) is 6.54 Å². The van der Waals surface area contributed by atoms with Crippen LogP contribution in [0.1, 0.15) is 18.6 Å². The fraction of sp³-hybridized carbons (Fsp3) is 0.364. The maximum Gasteiger partial charge on any atom is 0.146 e. The van der Waals surface area contributed by atoms with Gasteiger partial charge in [-0.05, 0) is 50.2 Å². The van der Waals surface area contributed by atoms with Crippen LogP contribution in [0.4, 0.5) is 17.3 Å². The first kappa shape index (κ1) is 20.0. The number of nitrogens with zero attached hydrogens (tertiary/aromatic N) is 3. The van der Waals surface area contributed by atoms with Crippen molar-refractivity contribution in [1.29, 1.82) is 0 Å². The van der Waals surface area contributed by atoms with Gasteiger partial charge in [-0.15, -0.1) is 0 Å². The molecule has 30 heavy (non-hydrogen) atoms. The van der Waals surface area contributed by atoms with Gasteiger partial charge in [0.1, 0.15) is 41.8 Å². The third-order valence-corrected chi connectivity index (χ3v) is 5.00. The Morgan fingerprint density at radius 3 is 2.77 bits per heavy atom. The summed E-state index contributed by atoms with van der Waals surface area (Å²) >= 11 is 0. The van der Waals surface area contributed by atoms with Crippen molar-refractivity contribution in [2.45, 2.75) is 19.4 Å². The molecule has 1 aromatic carbocycles. The molecule has 0 amide bonds. The molecule has 1 saturated heterocycles. The predicted octanol–water partition coefficient (Wildman–Crippen LogP) is 3.91. The lowest BCUT2D eigenvalue weighted by Gasteiger charge is -2.16. The highest BCUT2D eigenvalue weighted by atomic mass is 16.5. The second-order valence-electron chi connectivity index (χ2n) is 7.11. The van der Waals surface area contributed by atoms with E-state index >= 15 is 0 Å². The third-order valence-electron chi connectivity index (χ3n) is 5.00. The second kappa shape index (κ2) is 9.98. The Labute approximate surface area is 176 Å². The molecule has 8 heteroatoms. The van der Waals surface area contributed by atoms with Crippen LogP contribution in [0, 0.1) is 0 Å². The number of hydrogen-bond donors (Lipinski definition) is 2. The van der Waals surface area contributed by atoms with Crippen LogP contribution in [0.5, 0.6) is 11.5 Å². The lowest BCUT2D eigenvalue weighted by Crippen LogP contribution is -2.25. The summed E-state index contributed by atoms with van der Waals surface area (Å²) in [5.41, 5.74) is 0.806. The van der Waals surface area contributed by atoms with Crippen LogP contribution >= 0.6 is 0 Å². The average molecular weight is 409 g/mol. The largest absolute Gasteiger partial charge is 0.494 e. The van der Waals surface area contributed by atoms with E-state index in [-0.39, 0.29) is 0 Å². The van der Waals surface area contributed by atoms with Gasteiger partial charge in [0.2, 0.25) is 0 Å². The smallest absolute Gasteiger partial charge is 0.146 e. The zero-order valence-electron chi connectivity index (χ0n) is 17.1. The molecule has 3 heterocycles. The fourth-order valence-electron chi connectivity index (χ4n) is 3.41. The molecule has 1 fully saturated rings. The summed E-state index contributed by atoms with van der Waals surface area (Å²) in [6.07, 6.45) is 5.74. The van der Waals surface area contributed by atoms with E-state index in [0.717, 1.165) is 23.7 Å². The molecule has 0 bridgehead atoms. The SMILES string of the molecule is COc1cc(OCCN2CCCC2)ccc1Nc1cc(NCc2ccco2)ncn1. The van der Waals surface area contributed by atoms with Crippen molar-refractivity contribution in [2.75, 3.05) is 44.0 Å². The van der Waals surface area contributed by atoms with Crippen molar-refractivity contribution in [2.24, 2.45) is 0 Å². The van der Waals surface area contributed by atoms with Crippen molar-refractivity contribution >= 4 is 17.3 Å². The zero-order chi connectivity index (χ0) is 20.6. The molecule has 3 aromatic rings. The van der Waals surface area contributed by atoms with E-state index in [1.807, 2.05) is 36.4 Å². The van der Waals surface area contributed by atoms with Crippen molar-refractivity contribution < 1.29 is 13.9 Å². The van der Waals surface area contributed by atoms with Gasteiger partial charge in [-0.2, -0.15) is 0 Å². The minimum Gasteiger partial charge on any atom is -0.494 e. The summed E-state index contributed by atoms with van der Waals surface area (Å²) in [7, 11) is 1.64. The standard InChI is InChI=1S/C22H27N5O3/c1-28-20-13-17(30-12-10-27-8-2-3-9-27)6-7-19(20)26-22-14-21(24-16-25-22)23-15-18-5-4-11-29-18/h4-7,11,13-14,16H,2-3,8-10,12,15H2,1H3,(H2,23,24,25,26). The van der Waals surface area contributed by atoms with Gasteiger partial charge in [0.15, 0.2) is 0 Å². The van der Waals surface area contributed by atoms with Crippen molar-refractivity contribution in [3.8, 4) is 11.5 Å². The lowest BCUT2D eigenvalue weighted by molar-refractivity contribution is 0.237. The molecule has 8 nitrogen and oxygen atoms in total. The Morgan fingerprint density at radius 2 is 1.97 bits per heavy atom. The number of hydrogen-bond acceptors (Lipinski definition) is 8. The highest BCUT2D eigenvalue weighted by Crippen LogP contribution is 2.31. The molecule has 0 spiro atoms. The molecule has 1 aliphatic rings. The average Bonchev–Trinajstić information content (AvgIpc) is 3.48. The van der Waals surface area contributed by atoms with Gasteiger partial charge in [0, 0.05) is 18.7 Å². The molecule has 1 aliphatic heterocycles. The number of furan rings is 1. The van der Waals surface area contributed by atoms with Gasteiger partial charge in [-0.3, -0.25) is 4.90 Å². The van der Waals surface area contributed by atoms with E-state index in [1.165, 1.54) is 32.3 Å². The summed E-state index contributed by atoms with van der Waals surface area (Å²) in [6, 6.07) is 11.4. The highest BCUT2D eigenvalue weighted by molar-refractivity contribution is 5.66. The zero-order valence-corrected chi connectivity index (χ0v) is 17.1. The molecule has 0 unspecified atom stereocenters. The quantitative estimate of drug-likeness (QED) is 0.521. The topological polar surface area (TPSA) is 84.7 Å². The Kier molecular flexibility index (Phi) is 6.66. The number of nitrogens with one attached hydrogen (secondary N) is 2. The van der Waals surface area contributed by atoms with Crippen LogP contribution < -0.4 is 20.1 Å². The summed E-state index contributed by atoms with van der Waals surface area (Å²) in [6.45, 7) is 4.53. The van der Waals surface area contributed by atoms with Gasteiger partial charge in [-0.1, -0.05) is 0 Å². The van der Waals surface area contributed by atoms with E-state index in [1.54, 1.807) is 13.4 Å². The molecular formula is C22H27N5O3. The first-order valence-corrected chi connectivity index (χ1v) is 10.2. The van der Waals surface area contributed by atoms with E-state index in [4.69, 9.17) is 13.9 Å². The molecule has 2 N–H and O–H groups in total. The van der Waals surface area contributed by atoms with Gasteiger partial charge in [-0.25, -0.2) is 9.97 Å². The molecule has 0 saturated carbocycles. The number of rotatable bonds is 10. The summed E-state index contributed by atoms with van der Waals surface area (Å²) in [5.74, 6) is 3.68. The number of aromatic nitrogens is 2. The van der Waals surface area contributed by atoms with E-state index in [2.05, 4.69) is 25.5 Å². The number of methoxy groups -OCH3 is 1. The van der Waals surface area contributed by atoms with E-state index in [9.17, 15) is 0 Å². The van der Waals surface area contributed by atoms with Crippen LogP contribution in [0.25, 0.3) is 0 Å². The molecule has 0 radical (unpaired) electrons. The molecule has 0 aliphatic carbocycles. The summed E-state index contributed by atoms with van der Waals surface area (Å²) < 4.78 is 16.8. The monoisotopic (exact) mass is 409 g/mol. The van der Waals surface area contributed by atoms with Gasteiger partial charge >= 0.3 is 0 Å².